The van der Waals surface area contributed by atoms with Gasteiger partial charge in [0.2, 0.25) is 10.0 Å². The number of hydrogen-bond donors (Lipinski definition) is 1. The van der Waals surface area contributed by atoms with E-state index >= 15 is 0 Å². The van der Waals surface area contributed by atoms with Crippen LogP contribution in [0.3, 0.4) is 0 Å². The summed E-state index contributed by atoms with van der Waals surface area (Å²) >= 11 is 0. The van der Waals surface area contributed by atoms with Crippen molar-refractivity contribution in [2.45, 2.75) is 49.8 Å². The summed E-state index contributed by atoms with van der Waals surface area (Å²) < 4.78 is 32.3. The van der Waals surface area contributed by atoms with E-state index in [2.05, 4.69) is 9.46 Å². The van der Waals surface area contributed by atoms with Gasteiger partial charge in [-0.25, -0.2) is 13.1 Å². The first-order valence-electron chi connectivity index (χ1n) is 7.31. The second-order valence-corrected chi connectivity index (χ2v) is 7.71. The Morgan fingerprint density at radius 1 is 1.25 bits per heavy atom. The van der Waals surface area contributed by atoms with E-state index in [4.69, 9.17) is 0 Å². The molecule has 0 unspecified atom stereocenters. The van der Waals surface area contributed by atoms with Crippen molar-refractivity contribution in [3.05, 3.63) is 0 Å². The number of esters is 1. The van der Waals surface area contributed by atoms with Crippen molar-refractivity contribution in [1.29, 1.82) is 0 Å². The maximum Gasteiger partial charge on any atom is 0.319 e. The minimum Gasteiger partial charge on any atom is -0.468 e. The molecule has 1 saturated carbocycles. The second-order valence-electron chi connectivity index (χ2n) is 5.72. The van der Waals surface area contributed by atoms with Crippen LogP contribution in [0.2, 0.25) is 0 Å². The summed E-state index contributed by atoms with van der Waals surface area (Å²) in [6.07, 6.45) is 5.56. The lowest BCUT2D eigenvalue weighted by Crippen LogP contribution is -2.49. The molecule has 2 fully saturated rings. The molecule has 0 aromatic carbocycles. The predicted molar refractivity (Wildman–Crippen MR) is 75.8 cm³/mol. The third-order valence-corrected chi connectivity index (χ3v) is 6.09. The van der Waals surface area contributed by atoms with Gasteiger partial charge >= 0.3 is 5.97 Å². The zero-order chi connectivity index (χ0) is 14.6. The van der Waals surface area contributed by atoms with E-state index in [1.807, 2.05) is 4.90 Å². The standard InChI is InChI=1S/C13H24N2O4S/c1-19-13(16)10-15-8-4-7-12(9-15)20(17,18)14-11-5-2-3-6-11/h11-12,14H,2-10H2,1H3/t12-/m1/s1. The van der Waals surface area contributed by atoms with Crippen LogP contribution in [-0.2, 0) is 19.6 Å². The third-order valence-electron chi connectivity index (χ3n) is 4.17. The van der Waals surface area contributed by atoms with Gasteiger partial charge < -0.3 is 4.74 Å². The molecular weight excluding hydrogens is 280 g/mol. The largest absolute Gasteiger partial charge is 0.468 e. The molecule has 1 saturated heterocycles. The summed E-state index contributed by atoms with van der Waals surface area (Å²) in [5, 5.41) is -0.415. The maximum absolute atomic E-state index is 12.4. The highest BCUT2D eigenvalue weighted by molar-refractivity contribution is 7.90. The van der Waals surface area contributed by atoms with Gasteiger partial charge in [0, 0.05) is 12.6 Å². The minimum absolute atomic E-state index is 0.107. The lowest BCUT2D eigenvalue weighted by Gasteiger charge is -2.32. The highest BCUT2D eigenvalue weighted by atomic mass is 32.2. The SMILES string of the molecule is COC(=O)CN1CCC[C@@H](S(=O)(=O)NC2CCCC2)C1. The van der Waals surface area contributed by atoms with Crippen molar-refractivity contribution >= 4 is 16.0 Å². The minimum atomic E-state index is -3.29. The van der Waals surface area contributed by atoms with Crippen LogP contribution in [0.15, 0.2) is 0 Å². The normalized spacial score (nSPS) is 25.8. The smallest absolute Gasteiger partial charge is 0.319 e. The van der Waals surface area contributed by atoms with Crippen molar-refractivity contribution in [1.82, 2.24) is 9.62 Å². The van der Waals surface area contributed by atoms with Crippen molar-refractivity contribution in [2.75, 3.05) is 26.7 Å². The zero-order valence-corrected chi connectivity index (χ0v) is 12.8. The first kappa shape index (κ1) is 15.7. The Labute approximate surface area is 120 Å². The van der Waals surface area contributed by atoms with Crippen LogP contribution in [-0.4, -0.2) is 57.3 Å². The molecule has 1 atom stereocenters. The molecule has 6 nitrogen and oxygen atoms in total. The average Bonchev–Trinajstić information content (AvgIpc) is 2.91. The van der Waals surface area contributed by atoms with Crippen molar-refractivity contribution in [3.63, 3.8) is 0 Å². The molecule has 2 aliphatic rings. The summed E-state index contributed by atoms with van der Waals surface area (Å²) in [6.45, 7) is 1.34. The number of carbonyl (C=O) groups excluding carboxylic acids is 1. The number of nitrogens with one attached hydrogen (secondary N) is 1. The van der Waals surface area contributed by atoms with Crippen LogP contribution in [0.1, 0.15) is 38.5 Å². The Morgan fingerprint density at radius 3 is 2.60 bits per heavy atom. The Morgan fingerprint density at radius 2 is 1.95 bits per heavy atom. The second kappa shape index (κ2) is 6.87. The Kier molecular flexibility index (Phi) is 5.40. The summed E-state index contributed by atoms with van der Waals surface area (Å²) in [7, 11) is -1.94. The predicted octanol–water partition coefficient (Wildman–Crippen LogP) is 0.486. The first-order chi connectivity index (χ1) is 9.51. The zero-order valence-electron chi connectivity index (χ0n) is 12.0. The van der Waals surface area contributed by atoms with Crippen LogP contribution >= 0.6 is 0 Å². The molecular formula is C13H24N2O4S. The molecule has 0 aromatic heterocycles. The molecule has 0 spiro atoms. The fourth-order valence-corrected chi connectivity index (χ4v) is 4.81. The van der Waals surface area contributed by atoms with Gasteiger partial charge in [-0.2, -0.15) is 0 Å². The fraction of sp³-hybridized carbons (Fsp3) is 0.923. The molecule has 0 amide bonds. The van der Waals surface area contributed by atoms with Gasteiger partial charge in [-0.1, -0.05) is 12.8 Å². The number of nitrogens with zero attached hydrogens (tertiary/aromatic N) is 1. The van der Waals surface area contributed by atoms with Gasteiger partial charge in [-0.15, -0.1) is 0 Å². The van der Waals surface area contributed by atoms with E-state index in [1.54, 1.807) is 0 Å². The van der Waals surface area contributed by atoms with Gasteiger partial charge in [0.1, 0.15) is 0 Å². The van der Waals surface area contributed by atoms with Crippen LogP contribution < -0.4 is 4.72 Å². The summed E-state index contributed by atoms with van der Waals surface area (Å²) in [6, 6.07) is 0.107. The number of ether oxygens (including phenoxy) is 1. The summed E-state index contributed by atoms with van der Waals surface area (Å²) in [4.78, 5) is 13.2. The first-order valence-corrected chi connectivity index (χ1v) is 8.86. The van der Waals surface area contributed by atoms with Gasteiger partial charge in [0.25, 0.3) is 0 Å². The molecule has 1 aliphatic carbocycles. The van der Waals surface area contributed by atoms with Gasteiger partial charge in [-0.05, 0) is 32.2 Å². The van der Waals surface area contributed by atoms with Crippen molar-refractivity contribution in [2.24, 2.45) is 0 Å². The number of sulfonamides is 1. The van der Waals surface area contributed by atoms with E-state index in [9.17, 15) is 13.2 Å². The Hall–Kier alpha value is -0.660. The number of piperidine rings is 1. The number of methoxy groups -OCH3 is 1. The average molecular weight is 304 g/mol. The quantitative estimate of drug-likeness (QED) is 0.748. The van der Waals surface area contributed by atoms with Gasteiger partial charge in [0.05, 0.1) is 18.9 Å². The van der Waals surface area contributed by atoms with E-state index in [0.717, 1.165) is 38.6 Å². The monoisotopic (exact) mass is 304 g/mol. The highest BCUT2D eigenvalue weighted by Crippen LogP contribution is 2.22. The van der Waals surface area contributed by atoms with Crippen LogP contribution in [0.4, 0.5) is 0 Å². The van der Waals surface area contributed by atoms with E-state index in [-0.39, 0.29) is 18.6 Å². The van der Waals surface area contributed by atoms with E-state index < -0.39 is 15.3 Å². The highest BCUT2D eigenvalue weighted by Gasteiger charge is 2.33. The molecule has 1 N–H and O–H groups in total. The summed E-state index contributed by atoms with van der Waals surface area (Å²) in [5.74, 6) is -0.313. The molecule has 0 bridgehead atoms. The third kappa shape index (κ3) is 4.17. The van der Waals surface area contributed by atoms with Gasteiger partial charge in [0.15, 0.2) is 0 Å². The molecule has 7 heteroatoms. The molecule has 0 aromatic rings. The van der Waals surface area contributed by atoms with Crippen molar-refractivity contribution < 1.29 is 17.9 Å². The molecule has 20 heavy (non-hydrogen) atoms. The van der Waals surface area contributed by atoms with Gasteiger partial charge in [-0.3, -0.25) is 9.69 Å². The van der Waals surface area contributed by atoms with Crippen LogP contribution in [0, 0.1) is 0 Å². The fourth-order valence-electron chi connectivity index (χ4n) is 3.03. The number of likely N-dealkylation sites (tertiary alicyclic amines) is 1. The lowest BCUT2D eigenvalue weighted by atomic mass is 10.1. The molecule has 2 rings (SSSR count). The molecule has 1 heterocycles. The lowest BCUT2D eigenvalue weighted by molar-refractivity contribution is -0.142. The van der Waals surface area contributed by atoms with Crippen LogP contribution in [0.5, 0.6) is 0 Å². The Bertz CT molecular complexity index is 432. The van der Waals surface area contributed by atoms with E-state index in [1.165, 1.54) is 7.11 Å². The summed E-state index contributed by atoms with van der Waals surface area (Å²) in [5.41, 5.74) is 0. The number of carbonyl (C=O) groups is 1. The molecule has 1 aliphatic heterocycles. The van der Waals surface area contributed by atoms with Crippen molar-refractivity contribution in [3.8, 4) is 0 Å². The molecule has 0 radical (unpaired) electrons. The Balaban J connectivity index is 1.91. The number of hydrogen-bond acceptors (Lipinski definition) is 5. The molecule has 116 valence electrons. The number of rotatable bonds is 5. The van der Waals surface area contributed by atoms with Crippen LogP contribution in [0.25, 0.3) is 0 Å². The topological polar surface area (TPSA) is 75.7 Å². The maximum atomic E-state index is 12.4. The van der Waals surface area contributed by atoms with E-state index in [0.29, 0.717) is 13.0 Å².